The summed E-state index contributed by atoms with van der Waals surface area (Å²) in [5.74, 6) is -2.30. The number of rotatable bonds is 4. The smallest absolute Gasteiger partial charge is 0.243 e. The highest BCUT2D eigenvalue weighted by molar-refractivity contribution is 7.89. The number of benzene rings is 1. The summed E-state index contributed by atoms with van der Waals surface area (Å²) in [5, 5.41) is 0. The number of hydrogen-bond acceptors (Lipinski definition) is 4. The molecule has 0 aliphatic carbocycles. The van der Waals surface area contributed by atoms with Crippen LogP contribution in [0.4, 0.5) is 14.5 Å². The lowest BCUT2D eigenvalue weighted by Gasteiger charge is -2.10. The van der Waals surface area contributed by atoms with E-state index in [-0.39, 0.29) is 6.54 Å². The van der Waals surface area contributed by atoms with Crippen LogP contribution >= 0.6 is 0 Å². The maximum atomic E-state index is 13.8. The van der Waals surface area contributed by atoms with Crippen LogP contribution in [0.1, 0.15) is 11.1 Å². The highest BCUT2D eigenvalue weighted by Crippen LogP contribution is 2.22. The standard InChI is InChI=1S/C13H13F2N3O2S/c1-8-6-17-5-4-9(8)7-18-21(19,20)11-3-2-10(14)13(16)12(11)15/h2-6,18H,7,16H2,1H3. The number of nitrogens with two attached hydrogens (primary N) is 1. The van der Waals surface area contributed by atoms with Gasteiger partial charge in [-0.2, -0.15) is 0 Å². The largest absolute Gasteiger partial charge is 0.394 e. The number of nitrogens with one attached hydrogen (secondary N) is 1. The molecule has 0 bridgehead atoms. The first kappa shape index (κ1) is 15.3. The summed E-state index contributed by atoms with van der Waals surface area (Å²) in [5.41, 5.74) is 5.83. The van der Waals surface area contributed by atoms with E-state index >= 15 is 0 Å². The molecule has 21 heavy (non-hydrogen) atoms. The molecule has 0 aliphatic heterocycles. The maximum Gasteiger partial charge on any atom is 0.243 e. The lowest BCUT2D eigenvalue weighted by molar-refractivity contribution is 0.548. The summed E-state index contributed by atoms with van der Waals surface area (Å²) in [4.78, 5) is 3.20. The van der Waals surface area contributed by atoms with E-state index in [0.29, 0.717) is 5.56 Å². The number of nitrogen functional groups attached to an aromatic ring is 1. The molecule has 0 saturated carbocycles. The zero-order valence-corrected chi connectivity index (χ0v) is 11.9. The summed E-state index contributed by atoms with van der Waals surface area (Å²) in [7, 11) is -4.14. The number of hydrogen-bond donors (Lipinski definition) is 2. The van der Waals surface area contributed by atoms with Crippen molar-refractivity contribution < 1.29 is 17.2 Å². The fourth-order valence-electron chi connectivity index (χ4n) is 1.71. The number of aromatic nitrogens is 1. The third kappa shape index (κ3) is 3.17. The van der Waals surface area contributed by atoms with E-state index in [2.05, 4.69) is 9.71 Å². The summed E-state index contributed by atoms with van der Waals surface area (Å²) < 4.78 is 53.2. The van der Waals surface area contributed by atoms with Gasteiger partial charge in [0.15, 0.2) is 5.82 Å². The lowest BCUT2D eigenvalue weighted by atomic mass is 10.2. The lowest BCUT2D eigenvalue weighted by Crippen LogP contribution is -2.25. The fourth-order valence-corrected chi connectivity index (χ4v) is 2.80. The van der Waals surface area contributed by atoms with Crippen molar-refractivity contribution in [1.82, 2.24) is 9.71 Å². The number of halogens is 2. The van der Waals surface area contributed by atoms with Crippen LogP contribution in [-0.4, -0.2) is 13.4 Å². The van der Waals surface area contributed by atoms with Gasteiger partial charge in [-0.1, -0.05) is 0 Å². The monoisotopic (exact) mass is 313 g/mol. The molecule has 0 atom stereocenters. The summed E-state index contributed by atoms with van der Waals surface area (Å²) >= 11 is 0. The summed E-state index contributed by atoms with van der Waals surface area (Å²) in [6.45, 7) is 1.74. The molecule has 112 valence electrons. The van der Waals surface area contributed by atoms with Crippen LogP contribution < -0.4 is 10.5 Å². The molecular weight excluding hydrogens is 300 g/mol. The van der Waals surface area contributed by atoms with E-state index < -0.39 is 32.2 Å². The zero-order valence-electron chi connectivity index (χ0n) is 11.1. The van der Waals surface area contributed by atoms with Gasteiger partial charge in [0.2, 0.25) is 10.0 Å². The molecule has 1 aromatic heterocycles. The number of sulfonamides is 1. The van der Waals surface area contributed by atoms with E-state index in [1.165, 1.54) is 6.20 Å². The van der Waals surface area contributed by atoms with Crippen molar-refractivity contribution in [3.05, 3.63) is 53.4 Å². The van der Waals surface area contributed by atoms with Gasteiger partial charge in [0, 0.05) is 18.9 Å². The molecule has 3 N–H and O–H groups in total. The predicted octanol–water partition coefficient (Wildman–Crippen LogP) is 1.73. The molecule has 1 aromatic carbocycles. The van der Waals surface area contributed by atoms with E-state index in [9.17, 15) is 17.2 Å². The van der Waals surface area contributed by atoms with E-state index in [1.54, 1.807) is 19.2 Å². The molecule has 2 aromatic rings. The highest BCUT2D eigenvalue weighted by atomic mass is 32.2. The molecule has 8 heteroatoms. The molecular formula is C13H13F2N3O2S. The van der Waals surface area contributed by atoms with Crippen LogP contribution in [-0.2, 0) is 16.6 Å². The number of nitrogens with zero attached hydrogens (tertiary/aromatic N) is 1. The van der Waals surface area contributed by atoms with Crippen LogP contribution in [0.2, 0.25) is 0 Å². The Morgan fingerprint density at radius 2 is 2.00 bits per heavy atom. The first-order valence-corrected chi connectivity index (χ1v) is 7.44. The van der Waals surface area contributed by atoms with Gasteiger partial charge < -0.3 is 5.73 Å². The van der Waals surface area contributed by atoms with Crippen molar-refractivity contribution in [2.24, 2.45) is 0 Å². The van der Waals surface area contributed by atoms with E-state index in [0.717, 1.165) is 17.7 Å². The van der Waals surface area contributed by atoms with Gasteiger partial charge in [-0.05, 0) is 36.2 Å². The molecule has 0 aliphatic rings. The number of aryl methyl sites for hydroxylation is 1. The zero-order chi connectivity index (χ0) is 15.6. The van der Waals surface area contributed by atoms with Crippen LogP contribution in [0.5, 0.6) is 0 Å². The Morgan fingerprint density at radius 3 is 2.67 bits per heavy atom. The van der Waals surface area contributed by atoms with E-state index in [4.69, 9.17) is 5.73 Å². The van der Waals surface area contributed by atoms with Crippen LogP contribution in [0.25, 0.3) is 0 Å². The normalized spacial score (nSPS) is 11.6. The van der Waals surface area contributed by atoms with Crippen LogP contribution in [0, 0.1) is 18.6 Å². The van der Waals surface area contributed by atoms with Crippen molar-refractivity contribution in [2.45, 2.75) is 18.4 Å². The summed E-state index contributed by atoms with van der Waals surface area (Å²) in [6.07, 6.45) is 3.10. The van der Waals surface area contributed by atoms with Crippen molar-refractivity contribution in [3.63, 3.8) is 0 Å². The second-order valence-corrected chi connectivity index (χ2v) is 6.14. The first-order chi connectivity index (χ1) is 9.83. The SMILES string of the molecule is Cc1cnccc1CNS(=O)(=O)c1ccc(F)c(N)c1F. The first-order valence-electron chi connectivity index (χ1n) is 5.95. The second kappa shape index (κ2) is 5.74. The Labute approximate surface area is 120 Å². The fraction of sp³-hybridized carbons (Fsp3) is 0.154. The Morgan fingerprint density at radius 1 is 1.29 bits per heavy atom. The van der Waals surface area contributed by atoms with Gasteiger partial charge in [0.1, 0.15) is 16.4 Å². The molecule has 0 amide bonds. The van der Waals surface area contributed by atoms with Crippen molar-refractivity contribution in [3.8, 4) is 0 Å². The number of anilines is 1. The van der Waals surface area contributed by atoms with Gasteiger partial charge in [-0.25, -0.2) is 21.9 Å². The van der Waals surface area contributed by atoms with Gasteiger partial charge in [0.25, 0.3) is 0 Å². The topological polar surface area (TPSA) is 85.1 Å². The minimum absolute atomic E-state index is 0.0343. The maximum absolute atomic E-state index is 13.8. The number of pyridine rings is 1. The van der Waals surface area contributed by atoms with Crippen molar-refractivity contribution in [2.75, 3.05) is 5.73 Å². The quantitative estimate of drug-likeness (QED) is 0.842. The van der Waals surface area contributed by atoms with Gasteiger partial charge in [0.05, 0.1) is 0 Å². The Balaban J connectivity index is 2.28. The molecule has 0 spiro atoms. The molecule has 5 nitrogen and oxygen atoms in total. The van der Waals surface area contributed by atoms with Crippen LogP contribution in [0.15, 0.2) is 35.5 Å². The molecule has 0 saturated heterocycles. The average Bonchev–Trinajstić information content (AvgIpc) is 2.44. The van der Waals surface area contributed by atoms with Crippen LogP contribution in [0.3, 0.4) is 0 Å². The molecule has 0 unspecified atom stereocenters. The second-order valence-electron chi connectivity index (χ2n) is 4.40. The molecule has 0 radical (unpaired) electrons. The van der Waals surface area contributed by atoms with Gasteiger partial charge in [-0.15, -0.1) is 0 Å². The minimum atomic E-state index is -4.14. The third-order valence-corrected chi connectivity index (χ3v) is 4.39. The third-order valence-electron chi connectivity index (χ3n) is 2.97. The average molecular weight is 313 g/mol. The van der Waals surface area contributed by atoms with Gasteiger partial charge in [-0.3, -0.25) is 4.98 Å². The minimum Gasteiger partial charge on any atom is -0.394 e. The molecule has 2 rings (SSSR count). The summed E-state index contributed by atoms with van der Waals surface area (Å²) in [6, 6.07) is 3.29. The highest BCUT2D eigenvalue weighted by Gasteiger charge is 2.22. The van der Waals surface area contributed by atoms with Crippen molar-refractivity contribution >= 4 is 15.7 Å². The van der Waals surface area contributed by atoms with Crippen molar-refractivity contribution in [1.29, 1.82) is 0 Å². The Bertz CT molecular complexity index is 779. The Hall–Kier alpha value is -2.06. The Kier molecular flexibility index (Phi) is 4.19. The van der Waals surface area contributed by atoms with E-state index in [1.807, 2.05) is 0 Å². The van der Waals surface area contributed by atoms with Gasteiger partial charge >= 0.3 is 0 Å². The molecule has 0 fully saturated rings. The molecule has 1 heterocycles. The predicted molar refractivity (Wildman–Crippen MR) is 73.8 cm³/mol.